The predicted octanol–water partition coefficient (Wildman–Crippen LogP) is 4.85. The van der Waals surface area contributed by atoms with Crippen molar-refractivity contribution in [2.24, 2.45) is 11.8 Å². The van der Waals surface area contributed by atoms with Gasteiger partial charge in [0.15, 0.2) is 0 Å². The van der Waals surface area contributed by atoms with Gasteiger partial charge in [-0.1, -0.05) is 60.2 Å². The zero-order valence-electron chi connectivity index (χ0n) is 26.4. The van der Waals surface area contributed by atoms with Crippen molar-refractivity contribution >= 4 is 33.6 Å². The number of aryl methyl sites for hydroxylation is 1. The van der Waals surface area contributed by atoms with E-state index in [2.05, 4.69) is 10.0 Å². The minimum atomic E-state index is -3.91. The van der Waals surface area contributed by atoms with Gasteiger partial charge in [-0.05, 0) is 80.7 Å². The molecule has 5 rings (SSSR count). The number of benzene rings is 3. The van der Waals surface area contributed by atoms with Crippen molar-refractivity contribution in [2.75, 3.05) is 38.6 Å². The Hall–Kier alpha value is -4.22. The number of carbonyl (C=O) groups is 3. The number of methoxy groups -OCH3 is 1. The highest BCUT2D eigenvalue weighted by atomic mass is 32.2. The number of sulfonamides is 1. The number of rotatable bonds is 9. The Morgan fingerprint density at radius 2 is 1.37 bits per heavy atom. The van der Waals surface area contributed by atoms with Crippen molar-refractivity contribution in [3.8, 4) is 0 Å². The molecule has 10 nitrogen and oxygen atoms in total. The Bertz CT molecular complexity index is 1610. The van der Waals surface area contributed by atoms with Gasteiger partial charge in [0.1, 0.15) is 6.04 Å². The van der Waals surface area contributed by atoms with E-state index in [9.17, 15) is 22.8 Å². The third-order valence-electron chi connectivity index (χ3n) is 9.13. The molecule has 2 aliphatic heterocycles. The summed E-state index contributed by atoms with van der Waals surface area (Å²) in [7, 11) is -2.60. The van der Waals surface area contributed by atoms with Crippen LogP contribution in [-0.2, 0) is 26.0 Å². The van der Waals surface area contributed by atoms with Gasteiger partial charge in [0.05, 0.1) is 23.3 Å². The maximum absolute atomic E-state index is 13.8. The van der Waals surface area contributed by atoms with Gasteiger partial charge < -0.3 is 19.9 Å². The average Bonchev–Trinajstić information content (AvgIpc) is 3.08. The molecule has 2 N–H and O–H groups in total. The number of amides is 3. The molecule has 2 saturated heterocycles. The first-order valence-electron chi connectivity index (χ1n) is 15.8. The van der Waals surface area contributed by atoms with Crippen molar-refractivity contribution in [1.29, 1.82) is 0 Å². The van der Waals surface area contributed by atoms with Crippen LogP contribution < -0.4 is 10.0 Å². The van der Waals surface area contributed by atoms with E-state index in [1.54, 1.807) is 58.3 Å². The fraction of sp³-hybridized carbons (Fsp3) is 0.400. The van der Waals surface area contributed by atoms with Crippen molar-refractivity contribution < 1.29 is 27.5 Å². The molecule has 2 heterocycles. The average molecular weight is 647 g/mol. The summed E-state index contributed by atoms with van der Waals surface area (Å²) in [6.45, 7) is 4.23. The SMILES string of the molecule is COC(=O)c1ccccc1NC(=O)N1CCC(C2CCN(C(=O)C(Cc3ccccc3)NS(=O)(=O)c3ccc(C)cc3)CC2)CC1. The van der Waals surface area contributed by atoms with Gasteiger partial charge >= 0.3 is 12.0 Å². The molecule has 11 heteroatoms. The molecule has 0 aromatic heterocycles. The highest BCUT2D eigenvalue weighted by Crippen LogP contribution is 2.33. The van der Waals surface area contributed by atoms with Crippen LogP contribution in [0.2, 0.25) is 0 Å². The van der Waals surface area contributed by atoms with Crippen LogP contribution in [0.25, 0.3) is 0 Å². The number of ether oxygens (including phenoxy) is 1. The summed E-state index contributed by atoms with van der Waals surface area (Å²) in [5, 5.41) is 2.86. The number of anilines is 1. The molecular formula is C35H42N4O6S. The monoisotopic (exact) mass is 646 g/mol. The molecule has 2 aliphatic rings. The number of esters is 1. The Morgan fingerprint density at radius 3 is 1.98 bits per heavy atom. The van der Waals surface area contributed by atoms with E-state index in [1.165, 1.54) is 7.11 Å². The van der Waals surface area contributed by atoms with Gasteiger partial charge in [0.25, 0.3) is 0 Å². The summed E-state index contributed by atoms with van der Waals surface area (Å²) in [6.07, 6.45) is 3.64. The lowest BCUT2D eigenvalue weighted by Crippen LogP contribution is -2.52. The first-order valence-corrected chi connectivity index (χ1v) is 17.3. The molecule has 3 amide bonds. The van der Waals surface area contributed by atoms with Crippen LogP contribution >= 0.6 is 0 Å². The molecule has 3 aromatic rings. The third-order valence-corrected chi connectivity index (χ3v) is 10.6. The Labute approximate surface area is 271 Å². The number of nitrogens with one attached hydrogen (secondary N) is 2. The molecule has 244 valence electrons. The standard InChI is InChI=1S/C35H42N4O6S/c1-25-12-14-29(15-13-25)46(43,44)37-32(24-26-8-4-3-5-9-26)33(40)38-20-16-27(17-21-38)28-18-22-39(23-19-28)35(42)36-31-11-7-6-10-30(31)34(41)45-2/h3-15,27-28,32,37H,16-24H2,1-2H3,(H,36,42). The van der Waals surface area contributed by atoms with Gasteiger partial charge in [0.2, 0.25) is 15.9 Å². The molecule has 1 unspecified atom stereocenters. The zero-order chi connectivity index (χ0) is 32.7. The third kappa shape index (κ3) is 8.13. The molecule has 0 spiro atoms. The molecule has 1 atom stereocenters. The van der Waals surface area contributed by atoms with E-state index >= 15 is 0 Å². The maximum Gasteiger partial charge on any atom is 0.339 e. The van der Waals surface area contributed by atoms with E-state index in [1.807, 2.05) is 37.3 Å². The topological polar surface area (TPSA) is 125 Å². The lowest BCUT2D eigenvalue weighted by Gasteiger charge is -2.41. The summed E-state index contributed by atoms with van der Waals surface area (Å²) in [5.41, 5.74) is 2.56. The molecule has 3 aromatic carbocycles. The van der Waals surface area contributed by atoms with E-state index in [-0.39, 0.29) is 23.3 Å². The lowest BCUT2D eigenvalue weighted by atomic mass is 9.78. The molecule has 46 heavy (non-hydrogen) atoms. The fourth-order valence-corrected chi connectivity index (χ4v) is 7.65. The normalized spacial score (nSPS) is 16.9. The van der Waals surface area contributed by atoms with Crippen LogP contribution in [0, 0.1) is 18.8 Å². The minimum absolute atomic E-state index is 0.135. The molecular weight excluding hydrogens is 604 g/mol. The Balaban J connectivity index is 1.16. The van der Waals surface area contributed by atoms with Crippen molar-refractivity contribution in [3.63, 3.8) is 0 Å². The molecule has 0 aliphatic carbocycles. The van der Waals surface area contributed by atoms with Gasteiger partial charge in [-0.2, -0.15) is 4.72 Å². The number of nitrogens with zero attached hydrogens (tertiary/aromatic N) is 2. The largest absolute Gasteiger partial charge is 0.465 e. The summed E-state index contributed by atoms with van der Waals surface area (Å²) >= 11 is 0. The van der Waals surface area contributed by atoms with Gasteiger partial charge in [-0.25, -0.2) is 18.0 Å². The lowest BCUT2D eigenvalue weighted by molar-refractivity contribution is -0.134. The first-order chi connectivity index (χ1) is 22.1. The summed E-state index contributed by atoms with van der Waals surface area (Å²) in [4.78, 5) is 42.6. The zero-order valence-corrected chi connectivity index (χ0v) is 27.2. The predicted molar refractivity (Wildman–Crippen MR) is 176 cm³/mol. The van der Waals surface area contributed by atoms with Crippen molar-refractivity contribution in [3.05, 3.63) is 95.6 Å². The first kappa shape index (κ1) is 33.2. The summed E-state index contributed by atoms with van der Waals surface area (Å²) < 4.78 is 34.1. The van der Waals surface area contributed by atoms with Crippen LogP contribution in [-0.4, -0.2) is 75.5 Å². The second-order valence-electron chi connectivity index (χ2n) is 12.1. The molecule has 0 saturated carbocycles. The molecule has 0 radical (unpaired) electrons. The number of hydrogen-bond donors (Lipinski definition) is 2. The highest BCUT2D eigenvalue weighted by Gasteiger charge is 2.35. The number of piperidine rings is 2. The number of carbonyl (C=O) groups excluding carboxylic acids is 3. The van der Waals surface area contributed by atoms with Crippen LogP contribution in [0.3, 0.4) is 0 Å². The minimum Gasteiger partial charge on any atom is -0.465 e. The van der Waals surface area contributed by atoms with E-state index in [4.69, 9.17) is 4.74 Å². The highest BCUT2D eigenvalue weighted by molar-refractivity contribution is 7.89. The number of likely N-dealkylation sites (tertiary alicyclic amines) is 2. The summed E-state index contributed by atoms with van der Waals surface area (Å²) in [5.74, 6) is 0.140. The Morgan fingerprint density at radius 1 is 0.804 bits per heavy atom. The van der Waals surface area contributed by atoms with Gasteiger partial charge in [0, 0.05) is 26.2 Å². The number of para-hydroxylation sites is 1. The summed E-state index contributed by atoms with van der Waals surface area (Å²) in [6, 6.07) is 21.7. The maximum atomic E-state index is 13.8. The van der Waals surface area contributed by atoms with Crippen LogP contribution in [0.5, 0.6) is 0 Å². The number of urea groups is 1. The van der Waals surface area contributed by atoms with Gasteiger partial charge in [-0.3, -0.25) is 4.79 Å². The van der Waals surface area contributed by atoms with Crippen molar-refractivity contribution in [2.45, 2.75) is 50.0 Å². The smallest absolute Gasteiger partial charge is 0.339 e. The number of hydrogen-bond acceptors (Lipinski definition) is 6. The fourth-order valence-electron chi connectivity index (χ4n) is 6.46. The van der Waals surface area contributed by atoms with Crippen molar-refractivity contribution in [1.82, 2.24) is 14.5 Å². The quantitative estimate of drug-likeness (QED) is 0.320. The Kier molecular flexibility index (Phi) is 10.7. The van der Waals surface area contributed by atoms with Crippen LogP contribution in [0.4, 0.5) is 10.5 Å². The van der Waals surface area contributed by atoms with E-state index in [0.717, 1.165) is 36.8 Å². The van der Waals surface area contributed by atoms with Crippen LogP contribution in [0.1, 0.15) is 47.2 Å². The second kappa shape index (κ2) is 14.9. The van der Waals surface area contributed by atoms with E-state index < -0.39 is 22.0 Å². The van der Waals surface area contributed by atoms with Crippen LogP contribution in [0.15, 0.2) is 83.8 Å². The molecule has 2 fully saturated rings. The van der Waals surface area contributed by atoms with Gasteiger partial charge in [-0.15, -0.1) is 0 Å². The van der Waals surface area contributed by atoms with E-state index in [0.29, 0.717) is 49.3 Å². The molecule has 0 bridgehead atoms. The second-order valence-corrected chi connectivity index (χ2v) is 13.8.